The molecule has 0 amide bonds. The molecule has 0 aliphatic heterocycles. The lowest BCUT2D eigenvalue weighted by Crippen LogP contribution is -2.57. The van der Waals surface area contributed by atoms with E-state index in [1.807, 2.05) is 0 Å². The molecule has 4 fully saturated rings. The quantitative estimate of drug-likeness (QED) is 0.588. The van der Waals surface area contributed by atoms with Gasteiger partial charge in [0, 0.05) is 18.9 Å². The van der Waals surface area contributed by atoms with Gasteiger partial charge in [-0.15, -0.1) is 0 Å². The third kappa shape index (κ3) is 3.70. The molecule has 0 aromatic carbocycles. The van der Waals surface area contributed by atoms with Gasteiger partial charge in [0.1, 0.15) is 5.78 Å². The molecule has 0 aromatic heterocycles. The van der Waals surface area contributed by atoms with Crippen molar-refractivity contribution in [2.75, 3.05) is 6.61 Å². The molecule has 2 N–H and O–H groups in total. The predicted octanol–water partition coefficient (Wildman–Crippen LogP) is 5.62. The largest absolute Gasteiger partial charge is 0.396 e. The van der Waals surface area contributed by atoms with E-state index in [0.717, 1.165) is 37.5 Å². The lowest BCUT2D eigenvalue weighted by molar-refractivity contribution is -0.160. The maximum atomic E-state index is 13.2. The van der Waals surface area contributed by atoms with Crippen LogP contribution in [0.5, 0.6) is 0 Å². The van der Waals surface area contributed by atoms with E-state index in [1.54, 1.807) is 0 Å². The summed E-state index contributed by atoms with van der Waals surface area (Å²) in [7, 11) is 0. The Kier molecular flexibility index (Phi) is 6.45. The molecule has 4 rings (SSSR count). The normalized spacial score (nSPS) is 47.9. The maximum Gasteiger partial charge on any atom is 0.136 e. The van der Waals surface area contributed by atoms with Gasteiger partial charge in [0.25, 0.3) is 0 Å². The van der Waals surface area contributed by atoms with Crippen molar-refractivity contribution in [1.29, 1.82) is 0 Å². The van der Waals surface area contributed by atoms with Gasteiger partial charge in [-0.3, -0.25) is 4.79 Å². The lowest BCUT2D eigenvalue weighted by Gasteiger charge is -2.60. The summed E-state index contributed by atoms with van der Waals surface area (Å²) in [4.78, 5) is 13.2. The number of hydrogen-bond acceptors (Lipinski definition) is 3. The molecule has 3 nitrogen and oxygen atoms in total. The molecule has 172 valence electrons. The Bertz CT molecular complexity index is 632. The number of carbonyl (C=O) groups excluding carboxylic acids is 1. The maximum absolute atomic E-state index is 13.2. The van der Waals surface area contributed by atoms with Crippen LogP contribution in [0.3, 0.4) is 0 Å². The minimum atomic E-state index is -0.261. The van der Waals surface area contributed by atoms with Crippen molar-refractivity contribution in [3.05, 3.63) is 0 Å². The van der Waals surface area contributed by atoms with Gasteiger partial charge >= 0.3 is 0 Å². The minimum absolute atomic E-state index is 0.108. The molecule has 30 heavy (non-hydrogen) atoms. The first-order chi connectivity index (χ1) is 14.2. The number of Topliss-reactive ketones (excluding diaryl/α,β-unsaturated/α-hetero) is 1. The zero-order chi connectivity index (χ0) is 21.7. The van der Waals surface area contributed by atoms with Crippen molar-refractivity contribution in [2.45, 2.75) is 104 Å². The highest BCUT2D eigenvalue weighted by Gasteiger charge is 2.62. The van der Waals surface area contributed by atoms with Crippen molar-refractivity contribution in [3.63, 3.8) is 0 Å². The van der Waals surface area contributed by atoms with Crippen LogP contribution in [0.1, 0.15) is 98.3 Å². The Balaban J connectivity index is 1.47. The molecular formula is C27H46O3. The lowest BCUT2D eigenvalue weighted by atomic mass is 9.44. The molecule has 10 atom stereocenters. The second-order valence-electron chi connectivity index (χ2n) is 12.5. The third-order valence-corrected chi connectivity index (χ3v) is 10.9. The Hall–Kier alpha value is -0.410. The minimum Gasteiger partial charge on any atom is -0.396 e. The van der Waals surface area contributed by atoms with Crippen molar-refractivity contribution in [1.82, 2.24) is 0 Å². The SMILES string of the molecule is CC(CO)CCC[C@@H](C)[C@H]1CC[C@H]2[C@@H]3CC(=O)[C@H]4C[C@@H](O)CC[C@]4(C)[C@H]3CC[C@]12C. The first kappa shape index (κ1) is 22.8. The fourth-order valence-corrected chi connectivity index (χ4v) is 9.08. The molecule has 4 aliphatic rings. The van der Waals surface area contributed by atoms with Crippen LogP contribution >= 0.6 is 0 Å². The summed E-state index contributed by atoms with van der Waals surface area (Å²) in [5.74, 6) is 4.53. The van der Waals surface area contributed by atoms with Crippen molar-refractivity contribution in [3.8, 4) is 0 Å². The molecule has 4 saturated carbocycles. The van der Waals surface area contributed by atoms with E-state index >= 15 is 0 Å². The zero-order valence-electron chi connectivity index (χ0n) is 19.9. The van der Waals surface area contributed by atoms with E-state index < -0.39 is 0 Å². The van der Waals surface area contributed by atoms with Gasteiger partial charge in [-0.1, -0.05) is 40.5 Å². The monoisotopic (exact) mass is 418 g/mol. The fraction of sp³-hybridized carbons (Fsp3) is 0.963. The highest BCUT2D eigenvalue weighted by Crippen LogP contribution is 2.67. The van der Waals surface area contributed by atoms with Crippen LogP contribution in [0.2, 0.25) is 0 Å². The van der Waals surface area contributed by atoms with Crippen molar-refractivity contribution in [2.24, 2.45) is 52.3 Å². The third-order valence-electron chi connectivity index (χ3n) is 10.9. The number of fused-ring (bicyclic) bond motifs is 5. The van der Waals surface area contributed by atoms with E-state index in [0.29, 0.717) is 47.9 Å². The zero-order valence-corrected chi connectivity index (χ0v) is 19.9. The van der Waals surface area contributed by atoms with E-state index in [1.165, 1.54) is 38.5 Å². The average molecular weight is 419 g/mol. The number of rotatable bonds is 6. The van der Waals surface area contributed by atoms with Gasteiger partial charge in [0.05, 0.1) is 6.10 Å². The number of ketones is 1. The van der Waals surface area contributed by atoms with E-state index in [4.69, 9.17) is 0 Å². The Morgan fingerprint density at radius 2 is 1.70 bits per heavy atom. The standard InChI is InChI=1S/C27H46O3/c1-17(16-28)6-5-7-18(2)21-8-9-22-20-15-25(30)24-14-19(29)10-12-27(24,4)23(20)11-13-26(21,22)3/h17-24,28-29H,5-16H2,1-4H3/t17?,18-,19+,20+,21-,22+,23+,24-,26-,27-/m1/s1. The van der Waals surface area contributed by atoms with Crippen molar-refractivity contribution >= 4 is 5.78 Å². The molecule has 0 aromatic rings. The van der Waals surface area contributed by atoms with Gasteiger partial charge in [-0.05, 0) is 97.7 Å². The Morgan fingerprint density at radius 1 is 1.00 bits per heavy atom. The summed E-state index contributed by atoms with van der Waals surface area (Å²) in [6, 6.07) is 0. The molecule has 0 radical (unpaired) electrons. The van der Waals surface area contributed by atoms with Crippen LogP contribution < -0.4 is 0 Å². The molecule has 1 unspecified atom stereocenters. The van der Waals surface area contributed by atoms with Crippen LogP contribution in [0.25, 0.3) is 0 Å². The second kappa shape index (κ2) is 8.50. The van der Waals surface area contributed by atoms with Gasteiger partial charge in [0.2, 0.25) is 0 Å². The molecule has 0 spiro atoms. The first-order valence-electron chi connectivity index (χ1n) is 13.0. The molecular weight excluding hydrogens is 372 g/mol. The number of hydrogen-bond donors (Lipinski definition) is 2. The van der Waals surface area contributed by atoms with Crippen LogP contribution in [0.4, 0.5) is 0 Å². The highest BCUT2D eigenvalue weighted by molar-refractivity contribution is 5.83. The van der Waals surface area contributed by atoms with Crippen LogP contribution in [0, 0.1) is 52.3 Å². The molecule has 0 heterocycles. The average Bonchev–Trinajstić information content (AvgIpc) is 3.06. The van der Waals surface area contributed by atoms with Crippen LogP contribution in [-0.4, -0.2) is 28.7 Å². The van der Waals surface area contributed by atoms with Gasteiger partial charge in [-0.25, -0.2) is 0 Å². The summed E-state index contributed by atoms with van der Waals surface area (Å²) in [6.07, 6.45) is 12.1. The number of carbonyl (C=O) groups is 1. The molecule has 0 bridgehead atoms. The predicted molar refractivity (Wildman–Crippen MR) is 121 cm³/mol. The van der Waals surface area contributed by atoms with E-state index in [9.17, 15) is 15.0 Å². The van der Waals surface area contributed by atoms with Gasteiger partial charge in [0.15, 0.2) is 0 Å². The summed E-state index contributed by atoms with van der Waals surface area (Å²) < 4.78 is 0. The second-order valence-corrected chi connectivity index (χ2v) is 12.5. The Morgan fingerprint density at radius 3 is 2.43 bits per heavy atom. The highest BCUT2D eigenvalue weighted by atomic mass is 16.3. The number of aliphatic hydroxyl groups excluding tert-OH is 2. The fourth-order valence-electron chi connectivity index (χ4n) is 9.08. The Labute approximate surface area is 184 Å². The van der Waals surface area contributed by atoms with E-state index in [2.05, 4.69) is 27.7 Å². The molecule has 0 saturated heterocycles. The van der Waals surface area contributed by atoms with Gasteiger partial charge < -0.3 is 10.2 Å². The number of aliphatic hydroxyl groups is 2. The molecule has 3 heteroatoms. The summed E-state index contributed by atoms with van der Waals surface area (Å²) in [5.41, 5.74) is 0.533. The van der Waals surface area contributed by atoms with Crippen molar-refractivity contribution < 1.29 is 15.0 Å². The topological polar surface area (TPSA) is 57.5 Å². The van der Waals surface area contributed by atoms with Gasteiger partial charge in [-0.2, -0.15) is 0 Å². The smallest absolute Gasteiger partial charge is 0.136 e. The first-order valence-corrected chi connectivity index (χ1v) is 13.0. The van der Waals surface area contributed by atoms with E-state index in [-0.39, 0.29) is 17.4 Å². The summed E-state index contributed by atoms with van der Waals surface area (Å²) in [6.45, 7) is 9.91. The van der Waals surface area contributed by atoms with Crippen LogP contribution in [-0.2, 0) is 4.79 Å². The molecule has 4 aliphatic carbocycles. The van der Waals surface area contributed by atoms with Crippen LogP contribution in [0.15, 0.2) is 0 Å². The summed E-state index contributed by atoms with van der Waals surface area (Å²) in [5, 5.41) is 19.5. The summed E-state index contributed by atoms with van der Waals surface area (Å²) >= 11 is 0.